The quantitative estimate of drug-likeness (QED) is 0.849. The number of benzene rings is 1. The molecule has 1 saturated heterocycles. The highest BCUT2D eigenvalue weighted by atomic mass is 16.5. The summed E-state index contributed by atoms with van der Waals surface area (Å²) in [5, 5.41) is 0. The van der Waals surface area contributed by atoms with Gasteiger partial charge in [0.25, 0.3) is 0 Å². The van der Waals surface area contributed by atoms with E-state index in [2.05, 4.69) is 18.0 Å². The van der Waals surface area contributed by atoms with Crippen LogP contribution in [0.1, 0.15) is 30.7 Å². The van der Waals surface area contributed by atoms with Gasteiger partial charge < -0.3 is 15.4 Å². The maximum Gasteiger partial charge on any atom is 0.124 e. The van der Waals surface area contributed by atoms with Crippen LogP contribution in [-0.2, 0) is 0 Å². The van der Waals surface area contributed by atoms with Crippen LogP contribution in [0.4, 0.5) is 5.69 Å². The molecular formula is C16H24N2O. The van der Waals surface area contributed by atoms with E-state index in [1.807, 2.05) is 12.1 Å². The standard InChI is InChI=1S/C16H24N2O/c1-18-7-5-11(6-8-18)14-10-15(14)13-4-3-12(17)9-16(13)19-2/h3-4,9,11,14-15H,5-8,10,17H2,1-2H3/t14?,15-/m0/s1. The van der Waals surface area contributed by atoms with Crippen molar-refractivity contribution in [2.75, 3.05) is 33.0 Å². The largest absolute Gasteiger partial charge is 0.496 e. The van der Waals surface area contributed by atoms with E-state index in [-0.39, 0.29) is 0 Å². The van der Waals surface area contributed by atoms with Gasteiger partial charge in [-0.1, -0.05) is 6.07 Å². The van der Waals surface area contributed by atoms with Gasteiger partial charge in [-0.15, -0.1) is 0 Å². The van der Waals surface area contributed by atoms with Gasteiger partial charge in [-0.3, -0.25) is 0 Å². The predicted octanol–water partition coefficient (Wildman–Crippen LogP) is 2.72. The van der Waals surface area contributed by atoms with Crippen LogP contribution in [0.2, 0.25) is 0 Å². The zero-order chi connectivity index (χ0) is 13.4. The SMILES string of the molecule is COc1cc(N)ccc1[C@@H]1CC1C1CCN(C)CC1. The summed E-state index contributed by atoms with van der Waals surface area (Å²) in [6.45, 7) is 2.51. The molecule has 3 nitrogen and oxygen atoms in total. The summed E-state index contributed by atoms with van der Waals surface area (Å²) in [6.07, 6.45) is 4.04. The minimum atomic E-state index is 0.698. The van der Waals surface area contributed by atoms with Crippen molar-refractivity contribution in [2.24, 2.45) is 11.8 Å². The van der Waals surface area contributed by atoms with Crippen LogP contribution in [-0.4, -0.2) is 32.1 Å². The van der Waals surface area contributed by atoms with Crippen molar-refractivity contribution >= 4 is 5.69 Å². The normalized spacial score (nSPS) is 28.3. The molecular weight excluding hydrogens is 236 g/mol. The molecule has 1 aliphatic heterocycles. The maximum atomic E-state index is 5.83. The van der Waals surface area contributed by atoms with Crippen LogP contribution in [0.3, 0.4) is 0 Å². The van der Waals surface area contributed by atoms with Gasteiger partial charge in [0, 0.05) is 11.8 Å². The molecule has 2 N–H and O–H groups in total. The van der Waals surface area contributed by atoms with Gasteiger partial charge in [0.05, 0.1) is 7.11 Å². The third-order valence-electron chi connectivity index (χ3n) is 4.87. The Morgan fingerprint density at radius 1 is 1.26 bits per heavy atom. The summed E-state index contributed by atoms with van der Waals surface area (Å²) in [5.74, 6) is 3.44. The third-order valence-corrected chi connectivity index (χ3v) is 4.87. The third kappa shape index (κ3) is 2.57. The highest BCUT2D eigenvalue weighted by Crippen LogP contribution is 2.56. The number of nitrogen functional groups attached to an aromatic ring is 1. The molecule has 0 spiro atoms. The minimum Gasteiger partial charge on any atom is -0.496 e. The summed E-state index contributed by atoms with van der Waals surface area (Å²) < 4.78 is 5.49. The molecule has 1 aromatic rings. The Morgan fingerprint density at radius 2 is 2.00 bits per heavy atom. The number of anilines is 1. The molecule has 19 heavy (non-hydrogen) atoms. The smallest absolute Gasteiger partial charge is 0.124 e. The van der Waals surface area contributed by atoms with Gasteiger partial charge in [0.2, 0.25) is 0 Å². The molecule has 3 rings (SSSR count). The van der Waals surface area contributed by atoms with E-state index in [4.69, 9.17) is 10.5 Å². The number of hydrogen-bond donors (Lipinski definition) is 1. The second kappa shape index (κ2) is 5.04. The first-order chi connectivity index (χ1) is 9.19. The van der Waals surface area contributed by atoms with Crippen LogP contribution in [0.15, 0.2) is 18.2 Å². The molecule has 2 aliphatic rings. The van der Waals surface area contributed by atoms with Crippen molar-refractivity contribution in [3.05, 3.63) is 23.8 Å². The number of nitrogens with two attached hydrogens (primary N) is 1. The summed E-state index contributed by atoms with van der Waals surface area (Å²) in [6, 6.07) is 6.12. The molecule has 2 fully saturated rings. The average Bonchev–Trinajstić information content (AvgIpc) is 3.19. The lowest BCUT2D eigenvalue weighted by atomic mass is 9.90. The summed E-state index contributed by atoms with van der Waals surface area (Å²) in [5.41, 5.74) is 7.98. The Hall–Kier alpha value is -1.22. The fourth-order valence-electron chi connectivity index (χ4n) is 3.58. The van der Waals surface area contributed by atoms with Crippen molar-refractivity contribution in [1.82, 2.24) is 4.90 Å². The zero-order valence-electron chi connectivity index (χ0n) is 11.9. The minimum absolute atomic E-state index is 0.698. The second-order valence-corrected chi connectivity index (χ2v) is 6.15. The molecule has 2 atom stereocenters. The highest BCUT2D eigenvalue weighted by molar-refractivity contribution is 5.51. The zero-order valence-corrected chi connectivity index (χ0v) is 11.9. The van der Waals surface area contributed by atoms with Gasteiger partial charge in [0.15, 0.2) is 0 Å². The molecule has 1 unspecified atom stereocenters. The number of nitrogens with zero attached hydrogens (tertiary/aromatic N) is 1. The van der Waals surface area contributed by atoms with Gasteiger partial charge in [-0.2, -0.15) is 0 Å². The van der Waals surface area contributed by atoms with Crippen molar-refractivity contribution in [1.29, 1.82) is 0 Å². The van der Waals surface area contributed by atoms with Crippen molar-refractivity contribution in [3.63, 3.8) is 0 Å². The first kappa shape index (κ1) is 12.8. The van der Waals surface area contributed by atoms with E-state index in [0.717, 1.165) is 23.3 Å². The lowest BCUT2D eigenvalue weighted by Crippen LogP contribution is -2.31. The van der Waals surface area contributed by atoms with E-state index in [1.165, 1.54) is 37.9 Å². The Morgan fingerprint density at radius 3 is 2.68 bits per heavy atom. The average molecular weight is 260 g/mol. The van der Waals surface area contributed by atoms with E-state index < -0.39 is 0 Å². The number of methoxy groups -OCH3 is 1. The number of ether oxygens (including phenoxy) is 1. The highest BCUT2D eigenvalue weighted by Gasteiger charge is 2.45. The van der Waals surface area contributed by atoms with Gasteiger partial charge in [0.1, 0.15) is 5.75 Å². The van der Waals surface area contributed by atoms with E-state index in [1.54, 1.807) is 7.11 Å². The van der Waals surface area contributed by atoms with Crippen LogP contribution in [0.25, 0.3) is 0 Å². The number of piperidine rings is 1. The second-order valence-electron chi connectivity index (χ2n) is 6.15. The first-order valence-electron chi connectivity index (χ1n) is 7.31. The Bertz CT molecular complexity index is 452. The fraction of sp³-hybridized carbons (Fsp3) is 0.625. The van der Waals surface area contributed by atoms with E-state index in [9.17, 15) is 0 Å². The molecule has 1 aromatic carbocycles. The summed E-state index contributed by atoms with van der Waals surface area (Å²) in [4.78, 5) is 2.44. The van der Waals surface area contributed by atoms with Crippen LogP contribution < -0.4 is 10.5 Å². The molecule has 1 saturated carbocycles. The Labute approximate surface area is 115 Å². The van der Waals surface area contributed by atoms with E-state index >= 15 is 0 Å². The topological polar surface area (TPSA) is 38.5 Å². The van der Waals surface area contributed by atoms with Crippen molar-refractivity contribution in [3.8, 4) is 5.75 Å². The summed E-state index contributed by atoms with van der Waals surface area (Å²) in [7, 11) is 3.97. The maximum absolute atomic E-state index is 5.83. The predicted molar refractivity (Wildman–Crippen MR) is 78.5 cm³/mol. The molecule has 0 amide bonds. The Balaban J connectivity index is 1.69. The molecule has 104 valence electrons. The van der Waals surface area contributed by atoms with Crippen molar-refractivity contribution < 1.29 is 4.74 Å². The van der Waals surface area contributed by atoms with Crippen LogP contribution in [0, 0.1) is 11.8 Å². The van der Waals surface area contributed by atoms with Gasteiger partial charge in [-0.05, 0) is 68.8 Å². The molecule has 0 radical (unpaired) electrons. The molecule has 1 heterocycles. The van der Waals surface area contributed by atoms with Gasteiger partial charge >= 0.3 is 0 Å². The number of hydrogen-bond acceptors (Lipinski definition) is 3. The monoisotopic (exact) mass is 260 g/mol. The molecule has 3 heteroatoms. The fourth-order valence-corrected chi connectivity index (χ4v) is 3.58. The number of likely N-dealkylation sites (tertiary alicyclic amines) is 1. The van der Waals surface area contributed by atoms with Gasteiger partial charge in [-0.25, -0.2) is 0 Å². The molecule has 1 aliphatic carbocycles. The molecule has 0 bridgehead atoms. The lowest BCUT2D eigenvalue weighted by Gasteiger charge is -2.29. The van der Waals surface area contributed by atoms with Crippen LogP contribution >= 0.6 is 0 Å². The number of rotatable bonds is 3. The van der Waals surface area contributed by atoms with Crippen LogP contribution in [0.5, 0.6) is 5.75 Å². The summed E-state index contributed by atoms with van der Waals surface area (Å²) >= 11 is 0. The lowest BCUT2D eigenvalue weighted by molar-refractivity contribution is 0.202. The molecule has 0 aromatic heterocycles. The van der Waals surface area contributed by atoms with E-state index in [0.29, 0.717) is 5.92 Å². The Kier molecular flexibility index (Phi) is 3.40. The van der Waals surface area contributed by atoms with Crippen molar-refractivity contribution in [2.45, 2.75) is 25.2 Å². The first-order valence-corrected chi connectivity index (χ1v) is 7.31.